The molecule has 0 saturated carbocycles. The van der Waals surface area contributed by atoms with Crippen LogP contribution in [0, 0.1) is 0 Å². The lowest BCUT2D eigenvalue weighted by molar-refractivity contribution is -0.304. The maximum atomic E-state index is 12.9. The van der Waals surface area contributed by atoms with Gasteiger partial charge in [0, 0.05) is 11.1 Å². The number of hydrogen-bond acceptors (Lipinski definition) is 10. The highest BCUT2D eigenvalue weighted by Gasteiger charge is 2.44. The van der Waals surface area contributed by atoms with E-state index in [1.54, 1.807) is 0 Å². The van der Waals surface area contributed by atoms with Crippen LogP contribution in [0.25, 0.3) is 0 Å². The fraction of sp³-hybridized carbons (Fsp3) is 0.333. The zero-order valence-corrected chi connectivity index (χ0v) is 16.0. The smallest absolute Gasteiger partial charge is 0.201 e. The second kappa shape index (κ2) is 8.00. The standard InChI is InChI=1S/C21H20O10/c22-6-13-17(26)19(28)20(29)21(31-13)30-7-8-4-10-15(12(24)5-8)18(27)14-9(16(10)25)2-1-3-11(14)23/h1-5,13,17,19-24,26,28-29H,6-7H2/t13-,17-,19+,20-,21+/m1/s1. The van der Waals surface area contributed by atoms with Crippen LogP contribution in [0.4, 0.5) is 0 Å². The Morgan fingerprint density at radius 3 is 2.29 bits per heavy atom. The van der Waals surface area contributed by atoms with E-state index in [4.69, 9.17) is 9.47 Å². The molecule has 2 aliphatic rings. The summed E-state index contributed by atoms with van der Waals surface area (Å²) in [6, 6.07) is 6.63. The number of phenolic OH excluding ortho intramolecular Hbond substituents is 2. The average Bonchev–Trinajstić information content (AvgIpc) is 2.75. The minimum absolute atomic E-state index is 0.00361. The van der Waals surface area contributed by atoms with Crippen molar-refractivity contribution in [2.75, 3.05) is 6.61 Å². The van der Waals surface area contributed by atoms with E-state index in [9.17, 15) is 40.2 Å². The van der Waals surface area contributed by atoms with Crippen molar-refractivity contribution in [1.82, 2.24) is 0 Å². The number of benzene rings is 2. The molecule has 1 aliphatic heterocycles. The lowest BCUT2D eigenvalue weighted by atomic mass is 9.82. The Labute approximate surface area is 175 Å². The molecule has 2 aromatic rings. The number of aromatic hydroxyl groups is 2. The van der Waals surface area contributed by atoms with E-state index in [1.807, 2.05) is 0 Å². The quantitative estimate of drug-likeness (QED) is 0.306. The van der Waals surface area contributed by atoms with Crippen molar-refractivity contribution in [3.63, 3.8) is 0 Å². The van der Waals surface area contributed by atoms with E-state index < -0.39 is 54.6 Å². The number of aliphatic hydroxyl groups is 4. The molecule has 0 amide bonds. The SMILES string of the molecule is O=C1c2cccc(O)c2C(=O)c2c(O)cc(CO[C@H]3O[C@H](CO)[C@@H](O)[C@H](O)[C@H]3O)cc21. The Kier molecular flexibility index (Phi) is 5.52. The number of phenols is 2. The Bertz CT molecular complexity index is 1050. The summed E-state index contributed by atoms with van der Waals surface area (Å²) >= 11 is 0. The fourth-order valence-electron chi connectivity index (χ4n) is 3.81. The molecule has 164 valence electrons. The molecule has 31 heavy (non-hydrogen) atoms. The molecule has 0 radical (unpaired) electrons. The number of carbonyl (C=O) groups excluding carboxylic acids is 2. The molecule has 0 spiro atoms. The van der Waals surface area contributed by atoms with Gasteiger partial charge in [-0.15, -0.1) is 0 Å². The highest BCUT2D eigenvalue weighted by Crippen LogP contribution is 2.37. The van der Waals surface area contributed by atoms with Crippen molar-refractivity contribution >= 4 is 11.6 Å². The zero-order chi connectivity index (χ0) is 22.4. The Hall–Kier alpha value is -2.86. The van der Waals surface area contributed by atoms with Crippen molar-refractivity contribution in [3.8, 4) is 11.5 Å². The minimum Gasteiger partial charge on any atom is -0.507 e. The van der Waals surface area contributed by atoms with E-state index in [0.717, 1.165) is 0 Å². The summed E-state index contributed by atoms with van der Waals surface area (Å²) in [5.41, 5.74) is -0.228. The predicted molar refractivity (Wildman–Crippen MR) is 102 cm³/mol. The molecule has 0 aromatic heterocycles. The summed E-state index contributed by atoms with van der Waals surface area (Å²) in [5, 5.41) is 59.3. The normalized spacial score (nSPS) is 27.7. The monoisotopic (exact) mass is 432 g/mol. The molecule has 1 saturated heterocycles. The van der Waals surface area contributed by atoms with Gasteiger partial charge in [-0.25, -0.2) is 0 Å². The van der Waals surface area contributed by atoms with E-state index in [2.05, 4.69) is 0 Å². The van der Waals surface area contributed by atoms with Gasteiger partial charge >= 0.3 is 0 Å². The van der Waals surface area contributed by atoms with Gasteiger partial charge in [-0.3, -0.25) is 9.59 Å². The number of carbonyl (C=O) groups is 2. The van der Waals surface area contributed by atoms with Crippen molar-refractivity contribution in [1.29, 1.82) is 0 Å². The van der Waals surface area contributed by atoms with Crippen LogP contribution in [0.15, 0.2) is 30.3 Å². The number of fused-ring (bicyclic) bond motifs is 2. The van der Waals surface area contributed by atoms with Gasteiger partial charge in [0.1, 0.15) is 35.9 Å². The third kappa shape index (κ3) is 3.49. The maximum Gasteiger partial charge on any atom is 0.201 e. The van der Waals surface area contributed by atoms with E-state index in [0.29, 0.717) is 0 Å². The summed E-state index contributed by atoms with van der Waals surface area (Å²) in [6.45, 7) is -0.912. The summed E-state index contributed by atoms with van der Waals surface area (Å²) < 4.78 is 10.7. The maximum absolute atomic E-state index is 12.9. The zero-order valence-electron chi connectivity index (χ0n) is 16.0. The number of ether oxygens (including phenoxy) is 2. The van der Waals surface area contributed by atoms with Gasteiger partial charge in [-0.2, -0.15) is 0 Å². The number of hydrogen-bond donors (Lipinski definition) is 6. The summed E-state index contributed by atoms with van der Waals surface area (Å²) in [7, 11) is 0. The molecule has 2 aromatic carbocycles. The molecular weight excluding hydrogens is 412 g/mol. The largest absolute Gasteiger partial charge is 0.507 e. The fourth-order valence-corrected chi connectivity index (χ4v) is 3.81. The first-order valence-electron chi connectivity index (χ1n) is 9.44. The summed E-state index contributed by atoms with van der Waals surface area (Å²) in [5.74, 6) is -2.11. The molecule has 1 heterocycles. The van der Waals surface area contributed by atoms with Crippen LogP contribution in [-0.2, 0) is 16.1 Å². The van der Waals surface area contributed by atoms with Crippen molar-refractivity contribution < 1.29 is 49.7 Å². The highest BCUT2D eigenvalue weighted by molar-refractivity contribution is 6.30. The van der Waals surface area contributed by atoms with Crippen LogP contribution in [0.3, 0.4) is 0 Å². The summed E-state index contributed by atoms with van der Waals surface area (Å²) in [6.07, 6.45) is -7.31. The molecule has 4 rings (SSSR count). The van der Waals surface area contributed by atoms with Gasteiger partial charge in [0.25, 0.3) is 0 Å². The van der Waals surface area contributed by atoms with Gasteiger partial charge in [-0.1, -0.05) is 12.1 Å². The predicted octanol–water partition coefficient (Wildman–Crippen LogP) is -0.810. The number of aliphatic hydroxyl groups excluding tert-OH is 4. The van der Waals surface area contributed by atoms with Crippen LogP contribution in [0.5, 0.6) is 11.5 Å². The first kappa shape index (κ1) is 21.4. The van der Waals surface area contributed by atoms with E-state index >= 15 is 0 Å². The molecule has 1 fully saturated rings. The topological polar surface area (TPSA) is 174 Å². The molecule has 1 aliphatic carbocycles. The summed E-state index contributed by atoms with van der Waals surface area (Å²) in [4.78, 5) is 25.6. The Balaban J connectivity index is 1.60. The van der Waals surface area contributed by atoms with Crippen LogP contribution < -0.4 is 0 Å². The highest BCUT2D eigenvalue weighted by atomic mass is 16.7. The first-order valence-corrected chi connectivity index (χ1v) is 9.44. The third-order valence-corrected chi connectivity index (χ3v) is 5.43. The minimum atomic E-state index is -1.61. The molecular formula is C21H20O10. The van der Waals surface area contributed by atoms with Gasteiger partial charge in [-0.05, 0) is 23.8 Å². The van der Waals surface area contributed by atoms with Crippen LogP contribution >= 0.6 is 0 Å². The molecule has 10 nitrogen and oxygen atoms in total. The van der Waals surface area contributed by atoms with E-state index in [1.165, 1.54) is 30.3 Å². The van der Waals surface area contributed by atoms with Gasteiger partial charge in [0.05, 0.1) is 24.3 Å². The molecule has 5 atom stereocenters. The average molecular weight is 432 g/mol. The molecule has 0 unspecified atom stereocenters. The van der Waals surface area contributed by atoms with E-state index in [-0.39, 0.29) is 40.2 Å². The third-order valence-electron chi connectivity index (χ3n) is 5.43. The number of ketones is 2. The van der Waals surface area contributed by atoms with Gasteiger partial charge < -0.3 is 40.1 Å². The van der Waals surface area contributed by atoms with Crippen molar-refractivity contribution in [2.24, 2.45) is 0 Å². The van der Waals surface area contributed by atoms with Crippen LogP contribution in [-0.4, -0.2) is 79.5 Å². The Morgan fingerprint density at radius 1 is 0.871 bits per heavy atom. The van der Waals surface area contributed by atoms with Crippen molar-refractivity contribution in [2.45, 2.75) is 37.3 Å². The van der Waals surface area contributed by atoms with Crippen LogP contribution in [0.1, 0.15) is 37.4 Å². The second-order valence-corrected chi connectivity index (χ2v) is 7.40. The van der Waals surface area contributed by atoms with Crippen LogP contribution in [0.2, 0.25) is 0 Å². The molecule has 0 bridgehead atoms. The Morgan fingerprint density at radius 2 is 1.58 bits per heavy atom. The number of rotatable bonds is 4. The van der Waals surface area contributed by atoms with Gasteiger partial charge in [0.15, 0.2) is 12.1 Å². The molecule has 6 N–H and O–H groups in total. The molecule has 10 heteroatoms. The second-order valence-electron chi connectivity index (χ2n) is 7.40. The van der Waals surface area contributed by atoms with Crippen molar-refractivity contribution in [3.05, 3.63) is 58.1 Å². The van der Waals surface area contributed by atoms with Gasteiger partial charge in [0.2, 0.25) is 5.78 Å². The lowest BCUT2D eigenvalue weighted by Gasteiger charge is -2.39. The first-order chi connectivity index (χ1) is 14.7. The lowest BCUT2D eigenvalue weighted by Crippen LogP contribution is -2.59.